The quantitative estimate of drug-likeness (QED) is 0.685. The van der Waals surface area contributed by atoms with Crippen molar-refractivity contribution in [3.63, 3.8) is 0 Å². The van der Waals surface area contributed by atoms with Crippen molar-refractivity contribution in [3.8, 4) is 17.7 Å². The zero-order chi connectivity index (χ0) is 15.9. The zero-order valence-corrected chi connectivity index (χ0v) is 13.2. The molecule has 0 atom stereocenters. The molecule has 0 fully saturated rings. The number of hydrogen-bond donors (Lipinski definition) is 1. The number of amides is 1. The second-order valence-electron chi connectivity index (χ2n) is 5.11. The molecule has 6 nitrogen and oxygen atoms in total. The third-order valence-electron chi connectivity index (χ3n) is 1.94. The molecular weight excluding hydrogens is 294 g/mol. The first-order valence-electron chi connectivity index (χ1n) is 6.33. The standard InChI is InChI=1S/C14H18ClN3O3/c1-10-9-11(18-12(15)17-10)20-8-6-5-7-16-13(19)21-14(2,3)4/h9H,7-8H2,1-4H3,(H,16,19). The highest BCUT2D eigenvalue weighted by molar-refractivity contribution is 6.28. The summed E-state index contributed by atoms with van der Waals surface area (Å²) < 4.78 is 10.4. The minimum atomic E-state index is -0.523. The van der Waals surface area contributed by atoms with Crippen molar-refractivity contribution in [2.24, 2.45) is 0 Å². The van der Waals surface area contributed by atoms with Crippen LogP contribution in [0.5, 0.6) is 5.88 Å². The van der Waals surface area contributed by atoms with Crippen molar-refractivity contribution in [2.45, 2.75) is 33.3 Å². The van der Waals surface area contributed by atoms with Crippen LogP contribution in [-0.2, 0) is 4.74 Å². The van der Waals surface area contributed by atoms with Crippen LogP contribution in [0.4, 0.5) is 4.79 Å². The summed E-state index contributed by atoms with van der Waals surface area (Å²) in [7, 11) is 0. The van der Waals surface area contributed by atoms with Gasteiger partial charge in [-0.1, -0.05) is 11.8 Å². The Kier molecular flexibility index (Phi) is 6.25. The summed E-state index contributed by atoms with van der Waals surface area (Å²) in [5.74, 6) is 5.85. The molecule has 1 amide bonds. The van der Waals surface area contributed by atoms with Crippen LogP contribution < -0.4 is 10.1 Å². The molecule has 1 aromatic heterocycles. The first-order valence-corrected chi connectivity index (χ1v) is 6.70. The van der Waals surface area contributed by atoms with E-state index in [1.54, 1.807) is 33.8 Å². The van der Waals surface area contributed by atoms with E-state index in [0.29, 0.717) is 11.6 Å². The Morgan fingerprint density at radius 3 is 2.71 bits per heavy atom. The fourth-order valence-corrected chi connectivity index (χ4v) is 1.45. The van der Waals surface area contributed by atoms with Gasteiger partial charge in [-0.2, -0.15) is 4.98 Å². The van der Waals surface area contributed by atoms with Gasteiger partial charge in [0.15, 0.2) is 6.61 Å². The van der Waals surface area contributed by atoms with Crippen LogP contribution in [0, 0.1) is 18.8 Å². The van der Waals surface area contributed by atoms with Gasteiger partial charge in [0.2, 0.25) is 11.2 Å². The van der Waals surface area contributed by atoms with E-state index in [1.807, 2.05) is 0 Å². The highest BCUT2D eigenvalue weighted by atomic mass is 35.5. The van der Waals surface area contributed by atoms with Gasteiger partial charge < -0.3 is 14.8 Å². The van der Waals surface area contributed by atoms with Gasteiger partial charge in [-0.25, -0.2) is 9.78 Å². The molecule has 7 heteroatoms. The zero-order valence-electron chi connectivity index (χ0n) is 12.5. The van der Waals surface area contributed by atoms with Crippen LogP contribution in [-0.4, -0.2) is 34.8 Å². The highest BCUT2D eigenvalue weighted by Crippen LogP contribution is 2.11. The Morgan fingerprint density at radius 2 is 2.10 bits per heavy atom. The number of nitrogens with one attached hydrogen (secondary N) is 1. The van der Waals surface area contributed by atoms with Crippen molar-refractivity contribution in [1.82, 2.24) is 15.3 Å². The molecule has 1 N–H and O–H groups in total. The minimum Gasteiger partial charge on any atom is -0.464 e. The summed E-state index contributed by atoms with van der Waals surface area (Å²) in [6.07, 6.45) is -0.504. The maximum Gasteiger partial charge on any atom is 0.408 e. The summed E-state index contributed by atoms with van der Waals surface area (Å²) in [5, 5.41) is 2.65. The predicted molar refractivity (Wildman–Crippen MR) is 79.3 cm³/mol. The van der Waals surface area contributed by atoms with Gasteiger partial charge in [-0.05, 0) is 39.3 Å². The molecule has 0 aliphatic heterocycles. The Bertz CT molecular complexity index is 539. The molecular formula is C14H18ClN3O3. The third-order valence-corrected chi connectivity index (χ3v) is 2.11. The monoisotopic (exact) mass is 311 g/mol. The van der Waals surface area contributed by atoms with E-state index in [4.69, 9.17) is 21.1 Å². The molecule has 0 radical (unpaired) electrons. The number of aromatic nitrogens is 2. The molecule has 1 rings (SSSR count). The number of rotatable bonds is 3. The lowest BCUT2D eigenvalue weighted by Crippen LogP contribution is -2.32. The molecule has 0 spiro atoms. The number of nitrogens with zero attached hydrogens (tertiary/aromatic N) is 2. The average molecular weight is 312 g/mol. The third kappa shape index (κ3) is 8.00. The van der Waals surface area contributed by atoms with Crippen LogP contribution in [0.25, 0.3) is 0 Å². The van der Waals surface area contributed by atoms with Crippen LogP contribution in [0.1, 0.15) is 26.5 Å². The van der Waals surface area contributed by atoms with Crippen molar-refractivity contribution < 1.29 is 14.3 Å². The summed E-state index contributed by atoms with van der Waals surface area (Å²) in [6.45, 7) is 7.49. The van der Waals surface area contributed by atoms with E-state index in [-0.39, 0.29) is 18.4 Å². The van der Waals surface area contributed by atoms with E-state index in [2.05, 4.69) is 27.1 Å². The molecule has 0 aliphatic rings. The second kappa shape index (κ2) is 7.70. The van der Waals surface area contributed by atoms with Crippen molar-refractivity contribution in [2.75, 3.05) is 13.2 Å². The van der Waals surface area contributed by atoms with E-state index in [9.17, 15) is 4.79 Å². The highest BCUT2D eigenvalue weighted by Gasteiger charge is 2.14. The summed E-state index contributed by atoms with van der Waals surface area (Å²) in [5.41, 5.74) is 0.189. The lowest BCUT2D eigenvalue weighted by Gasteiger charge is -2.18. The molecule has 0 aliphatic carbocycles. The number of aryl methyl sites for hydroxylation is 1. The first kappa shape index (κ1) is 17.1. The predicted octanol–water partition coefficient (Wildman–Crippen LogP) is 2.35. The van der Waals surface area contributed by atoms with E-state index in [0.717, 1.165) is 0 Å². The van der Waals surface area contributed by atoms with Gasteiger partial charge in [0, 0.05) is 11.8 Å². The molecule has 0 saturated carbocycles. The van der Waals surface area contributed by atoms with Crippen LogP contribution >= 0.6 is 11.6 Å². The summed E-state index contributed by atoms with van der Waals surface area (Å²) in [6, 6.07) is 1.66. The molecule has 114 valence electrons. The fraction of sp³-hybridized carbons (Fsp3) is 0.500. The smallest absolute Gasteiger partial charge is 0.408 e. The van der Waals surface area contributed by atoms with Gasteiger partial charge in [0.05, 0.1) is 6.54 Å². The SMILES string of the molecule is Cc1cc(OCC#CCNC(=O)OC(C)(C)C)nc(Cl)n1. The van der Waals surface area contributed by atoms with E-state index in [1.165, 1.54) is 0 Å². The summed E-state index contributed by atoms with van der Waals surface area (Å²) >= 11 is 5.70. The van der Waals surface area contributed by atoms with Crippen LogP contribution in [0.15, 0.2) is 6.07 Å². The average Bonchev–Trinajstić information content (AvgIpc) is 2.30. The Morgan fingerprint density at radius 1 is 1.38 bits per heavy atom. The molecule has 1 heterocycles. The second-order valence-corrected chi connectivity index (χ2v) is 5.45. The Hall–Kier alpha value is -2.00. The topological polar surface area (TPSA) is 73.3 Å². The van der Waals surface area contributed by atoms with Crippen LogP contribution in [0.3, 0.4) is 0 Å². The van der Waals surface area contributed by atoms with Crippen LogP contribution in [0.2, 0.25) is 5.28 Å². The van der Waals surface area contributed by atoms with Crippen molar-refractivity contribution in [3.05, 3.63) is 17.0 Å². The Balaban J connectivity index is 2.29. The van der Waals surface area contributed by atoms with Gasteiger partial charge in [-0.3, -0.25) is 0 Å². The fourth-order valence-electron chi connectivity index (χ4n) is 1.23. The van der Waals surface area contributed by atoms with Crippen molar-refractivity contribution in [1.29, 1.82) is 0 Å². The first-order chi connectivity index (χ1) is 9.76. The van der Waals surface area contributed by atoms with E-state index >= 15 is 0 Å². The molecule has 1 aromatic rings. The van der Waals surface area contributed by atoms with Crippen molar-refractivity contribution >= 4 is 17.7 Å². The number of alkyl carbamates (subject to hydrolysis) is 1. The largest absolute Gasteiger partial charge is 0.464 e. The van der Waals surface area contributed by atoms with Gasteiger partial charge in [-0.15, -0.1) is 0 Å². The maximum absolute atomic E-state index is 11.3. The number of halogens is 1. The molecule has 0 saturated heterocycles. The molecule has 0 unspecified atom stereocenters. The molecule has 0 aromatic carbocycles. The van der Waals surface area contributed by atoms with E-state index < -0.39 is 11.7 Å². The Labute approximate surface area is 129 Å². The summed E-state index contributed by atoms with van der Waals surface area (Å²) in [4.78, 5) is 19.1. The minimum absolute atomic E-state index is 0.129. The lowest BCUT2D eigenvalue weighted by molar-refractivity contribution is 0.0535. The van der Waals surface area contributed by atoms with Gasteiger partial charge in [0.1, 0.15) is 5.60 Å². The normalized spacial score (nSPS) is 10.3. The lowest BCUT2D eigenvalue weighted by atomic mass is 10.2. The number of hydrogen-bond acceptors (Lipinski definition) is 5. The molecule has 0 bridgehead atoms. The van der Waals surface area contributed by atoms with Gasteiger partial charge in [0.25, 0.3) is 0 Å². The number of carbonyl (C=O) groups excluding carboxylic acids is 1. The number of ether oxygens (including phenoxy) is 2. The molecule has 21 heavy (non-hydrogen) atoms. The maximum atomic E-state index is 11.3. The van der Waals surface area contributed by atoms with Gasteiger partial charge >= 0.3 is 6.09 Å². The number of carbonyl (C=O) groups is 1.